The molecule has 8 nitrogen and oxygen atoms in total. The lowest BCUT2D eigenvalue weighted by molar-refractivity contribution is 0.0429. The van der Waals surface area contributed by atoms with Crippen LogP contribution in [0.5, 0.6) is 11.6 Å². The molecular weight excluding hydrogens is 326 g/mol. The Morgan fingerprint density at radius 1 is 1.08 bits per heavy atom. The van der Waals surface area contributed by atoms with Crippen LogP contribution >= 0.6 is 0 Å². The molecule has 25 heavy (non-hydrogen) atoms. The second-order valence-corrected chi connectivity index (χ2v) is 4.91. The largest absolute Gasteiger partial charge is 0.497 e. The standard InChI is InChI=1S/C17H15N3O5/c1-22-13-6-3-11(4-7-13)16-19-15(25-20-16)10-24-17(21)12-5-8-14(23-2)18-9-12/h3-9H,10H2,1-2H3. The monoisotopic (exact) mass is 341 g/mol. The average molecular weight is 341 g/mol. The van der Waals surface area contributed by atoms with Crippen molar-refractivity contribution in [2.24, 2.45) is 0 Å². The molecule has 0 aliphatic rings. The molecule has 0 saturated carbocycles. The van der Waals surface area contributed by atoms with Gasteiger partial charge in [-0.15, -0.1) is 0 Å². The fourth-order valence-corrected chi connectivity index (χ4v) is 2.00. The fourth-order valence-electron chi connectivity index (χ4n) is 2.00. The Morgan fingerprint density at radius 3 is 2.52 bits per heavy atom. The Hall–Kier alpha value is -3.42. The van der Waals surface area contributed by atoms with Crippen LogP contribution in [0.3, 0.4) is 0 Å². The Morgan fingerprint density at radius 2 is 1.88 bits per heavy atom. The number of methoxy groups -OCH3 is 2. The maximum absolute atomic E-state index is 12.0. The third-order valence-electron chi connectivity index (χ3n) is 3.32. The second kappa shape index (κ2) is 7.43. The van der Waals surface area contributed by atoms with Gasteiger partial charge in [0.1, 0.15) is 5.75 Å². The van der Waals surface area contributed by atoms with Crippen molar-refractivity contribution in [1.29, 1.82) is 0 Å². The molecule has 0 unspecified atom stereocenters. The number of carbonyl (C=O) groups is 1. The number of pyridine rings is 1. The quantitative estimate of drug-likeness (QED) is 0.631. The van der Waals surface area contributed by atoms with Gasteiger partial charge in [-0.05, 0) is 30.3 Å². The topological polar surface area (TPSA) is 96.6 Å². The minimum atomic E-state index is -0.542. The van der Waals surface area contributed by atoms with Crippen molar-refractivity contribution in [2.75, 3.05) is 14.2 Å². The lowest BCUT2D eigenvalue weighted by atomic mass is 10.2. The highest BCUT2D eigenvalue weighted by atomic mass is 16.6. The van der Waals surface area contributed by atoms with Gasteiger partial charge < -0.3 is 18.7 Å². The first kappa shape index (κ1) is 16.4. The van der Waals surface area contributed by atoms with E-state index in [1.54, 1.807) is 31.4 Å². The highest BCUT2D eigenvalue weighted by Crippen LogP contribution is 2.20. The first-order valence-electron chi connectivity index (χ1n) is 7.34. The first-order valence-corrected chi connectivity index (χ1v) is 7.34. The zero-order valence-electron chi connectivity index (χ0n) is 13.6. The number of ether oxygens (including phenoxy) is 3. The third kappa shape index (κ3) is 3.92. The molecular formula is C17H15N3O5. The van der Waals surface area contributed by atoms with Gasteiger partial charge in [-0.25, -0.2) is 9.78 Å². The molecule has 2 aromatic heterocycles. The average Bonchev–Trinajstić information content (AvgIpc) is 3.15. The summed E-state index contributed by atoms with van der Waals surface area (Å²) in [5.41, 5.74) is 1.07. The summed E-state index contributed by atoms with van der Waals surface area (Å²) in [6.07, 6.45) is 1.37. The maximum Gasteiger partial charge on any atom is 0.340 e. The summed E-state index contributed by atoms with van der Waals surface area (Å²) in [5, 5.41) is 3.87. The van der Waals surface area contributed by atoms with E-state index >= 15 is 0 Å². The van der Waals surface area contributed by atoms with Gasteiger partial charge in [-0.2, -0.15) is 4.98 Å². The van der Waals surface area contributed by atoms with Crippen molar-refractivity contribution in [3.8, 4) is 23.0 Å². The number of carbonyl (C=O) groups excluding carboxylic acids is 1. The number of benzene rings is 1. The second-order valence-electron chi connectivity index (χ2n) is 4.91. The van der Waals surface area contributed by atoms with Gasteiger partial charge >= 0.3 is 5.97 Å². The van der Waals surface area contributed by atoms with Gasteiger partial charge in [-0.1, -0.05) is 5.16 Å². The van der Waals surface area contributed by atoms with E-state index in [1.165, 1.54) is 13.3 Å². The zero-order valence-corrected chi connectivity index (χ0v) is 13.6. The van der Waals surface area contributed by atoms with E-state index in [-0.39, 0.29) is 12.5 Å². The molecule has 1 aromatic carbocycles. The third-order valence-corrected chi connectivity index (χ3v) is 3.32. The predicted octanol–water partition coefficient (Wildman–Crippen LogP) is 2.51. The van der Waals surface area contributed by atoms with Crippen molar-refractivity contribution in [1.82, 2.24) is 15.1 Å². The summed E-state index contributed by atoms with van der Waals surface area (Å²) >= 11 is 0. The van der Waals surface area contributed by atoms with Crippen LogP contribution in [0.15, 0.2) is 47.1 Å². The van der Waals surface area contributed by atoms with Crippen molar-refractivity contribution in [2.45, 2.75) is 6.61 Å². The lowest BCUT2D eigenvalue weighted by Crippen LogP contribution is -2.06. The Labute approximate surface area is 143 Å². The van der Waals surface area contributed by atoms with E-state index in [1.807, 2.05) is 12.1 Å². The van der Waals surface area contributed by atoms with E-state index in [2.05, 4.69) is 15.1 Å². The molecule has 8 heteroatoms. The summed E-state index contributed by atoms with van der Waals surface area (Å²) in [5.74, 6) is 1.20. The van der Waals surface area contributed by atoms with Gasteiger partial charge in [0.15, 0.2) is 6.61 Å². The molecule has 0 aliphatic carbocycles. The van der Waals surface area contributed by atoms with Crippen LogP contribution in [0.25, 0.3) is 11.4 Å². The highest BCUT2D eigenvalue weighted by molar-refractivity contribution is 5.89. The van der Waals surface area contributed by atoms with Gasteiger partial charge in [0.25, 0.3) is 5.89 Å². The summed E-state index contributed by atoms with van der Waals surface area (Å²) in [6, 6.07) is 10.3. The molecule has 0 amide bonds. The molecule has 3 rings (SSSR count). The Bertz CT molecular complexity index is 843. The van der Waals surface area contributed by atoms with Crippen LogP contribution in [0.2, 0.25) is 0 Å². The van der Waals surface area contributed by atoms with Crippen LogP contribution in [0.4, 0.5) is 0 Å². The molecule has 0 fully saturated rings. The number of rotatable bonds is 6. The van der Waals surface area contributed by atoms with E-state index in [0.717, 1.165) is 11.3 Å². The molecule has 0 radical (unpaired) electrons. The molecule has 0 bridgehead atoms. The normalized spacial score (nSPS) is 10.3. The fraction of sp³-hybridized carbons (Fsp3) is 0.176. The van der Waals surface area contributed by atoms with Gasteiger partial charge in [-0.3, -0.25) is 0 Å². The molecule has 0 saturated heterocycles. The van der Waals surface area contributed by atoms with Crippen LogP contribution in [0.1, 0.15) is 16.2 Å². The SMILES string of the molecule is COc1ccc(-c2noc(COC(=O)c3ccc(OC)nc3)n2)cc1. The van der Waals surface area contributed by atoms with Crippen molar-refractivity contribution in [3.05, 3.63) is 54.0 Å². The van der Waals surface area contributed by atoms with Crippen molar-refractivity contribution >= 4 is 5.97 Å². The summed E-state index contributed by atoms with van der Waals surface area (Å²) in [6.45, 7) is -0.131. The van der Waals surface area contributed by atoms with Crippen LogP contribution in [-0.4, -0.2) is 35.3 Å². The van der Waals surface area contributed by atoms with E-state index in [9.17, 15) is 4.79 Å². The zero-order chi connectivity index (χ0) is 17.6. The van der Waals surface area contributed by atoms with E-state index in [4.69, 9.17) is 18.7 Å². The minimum Gasteiger partial charge on any atom is -0.497 e. The van der Waals surface area contributed by atoms with Gasteiger partial charge in [0.2, 0.25) is 11.7 Å². The molecule has 0 spiro atoms. The summed E-state index contributed by atoms with van der Waals surface area (Å²) in [4.78, 5) is 20.1. The molecule has 0 atom stereocenters. The van der Waals surface area contributed by atoms with Crippen LogP contribution in [0, 0.1) is 0 Å². The van der Waals surface area contributed by atoms with Gasteiger partial charge in [0, 0.05) is 17.8 Å². The lowest BCUT2D eigenvalue weighted by Gasteiger charge is -2.02. The van der Waals surface area contributed by atoms with E-state index < -0.39 is 5.97 Å². The molecule has 2 heterocycles. The Kier molecular flexibility index (Phi) is 4.89. The smallest absolute Gasteiger partial charge is 0.340 e. The van der Waals surface area contributed by atoms with E-state index in [0.29, 0.717) is 17.3 Å². The molecule has 0 aliphatic heterocycles. The molecule has 3 aromatic rings. The highest BCUT2D eigenvalue weighted by Gasteiger charge is 2.13. The van der Waals surface area contributed by atoms with Crippen molar-refractivity contribution in [3.63, 3.8) is 0 Å². The number of nitrogens with zero attached hydrogens (tertiary/aromatic N) is 3. The summed E-state index contributed by atoms with van der Waals surface area (Å²) in [7, 11) is 3.09. The minimum absolute atomic E-state index is 0.131. The Balaban J connectivity index is 1.61. The van der Waals surface area contributed by atoms with Crippen LogP contribution in [-0.2, 0) is 11.3 Å². The number of esters is 1. The predicted molar refractivity (Wildman–Crippen MR) is 86.2 cm³/mol. The number of hydrogen-bond acceptors (Lipinski definition) is 8. The van der Waals surface area contributed by atoms with Crippen LogP contribution < -0.4 is 9.47 Å². The molecule has 128 valence electrons. The summed E-state index contributed by atoms with van der Waals surface area (Å²) < 4.78 is 20.3. The van der Waals surface area contributed by atoms with Gasteiger partial charge in [0.05, 0.1) is 19.8 Å². The maximum atomic E-state index is 12.0. The first-order chi connectivity index (χ1) is 12.2. The van der Waals surface area contributed by atoms with Crippen molar-refractivity contribution < 1.29 is 23.5 Å². The molecule has 0 N–H and O–H groups in total. The number of aromatic nitrogens is 3. The number of hydrogen-bond donors (Lipinski definition) is 0.